The molecule has 2 aliphatic heterocycles. The number of fused-ring (bicyclic) bond motifs is 3. The molecule has 6 heterocycles. The van der Waals surface area contributed by atoms with Crippen LogP contribution in [0.15, 0.2) is 43.0 Å². The van der Waals surface area contributed by atoms with Crippen LogP contribution in [-0.4, -0.2) is 45.7 Å². The number of anilines is 1. The third kappa shape index (κ3) is 3.78. The average Bonchev–Trinajstić information content (AvgIpc) is 3.49. The number of aromatic nitrogens is 4. The molecule has 6 rings (SSSR count). The fourth-order valence-corrected chi connectivity index (χ4v) is 4.99. The van der Waals surface area contributed by atoms with Gasteiger partial charge in [0.2, 0.25) is 6.41 Å². The number of carbonyl (C=O) groups excluding carboxylic acids is 1. The first kappa shape index (κ1) is 22.6. The van der Waals surface area contributed by atoms with Crippen LogP contribution in [0.1, 0.15) is 23.2 Å². The lowest BCUT2D eigenvalue weighted by Gasteiger charge is -2.34. The van der Waals surface area contributed by atoms with Gasteiger partial charge in [0.05, 0.1) is 42.5 Å². The summed E-state index contributed by atoms with van der Waals surface area (Å²) in [7, 11) is 1.93. The quantitative estimate of drug-likeness (QED) is 0.414. The van der Waals surface area contributed by atoms with E-state index in [1.54, 1.807) is 18.5 Å². The van der Waals surface area contributed by atoms with Crippen LogP contribution in [0.25, 0.3) is 22.2 Å². The topological polar surface area (TPSA) is 100 Å². The summed E-state index contributed by atoms with van der Waals surface area (Å²) in [6, 6.07) is 5.32. The monoisotopic (exact) mass is 489 g/mol. The number of hydrogen-bond donors (Lipinski definition) is 1. The van der Waals surface area contributed by atoms with E-state index in [-0.39, 0.29) is 6.61 Å². The summed E-state index contributed by atoms with van der Waals surface area (Å²) in [5.41, 5.74) is 3.96. The molecular formula is C26H24FN5O4. The molecule has 4 aromatic heterocycles. The summed E-state index contributed by atoms with van der Waals surface area (Å²) in [5, 5.41) is 3.49. The van der Waals surface area contributed by atoms with E-state index >= 15 is 0 Å². The lowest BCUT2D eigenvalue weighted by atomic mass is 9.89. The fourth-order valence-electron chi connectivity index (χ4n) is 4.99. The van der Waals surface area contributed by atoms with Gasteiger partial charge in [0, 0.05) is 67.0 Å². The minimum absolute atomic E-state index is 0.0570. The van der Waals surface area contributed by atoms with E-state index < -0.39 is 11.4 Å². The van der Waals surface area contributed by atoms with Crippen molar-refractivity contribution in [1.82, 2.24) is 19.5 Å². The molecule has 1 fully saturated rings. The van der Waals surface area contributed by atoms with Crippen molar-refractivity contribution < 1.29 is 23.4 Å². The molecule has 4 aromatic rings. The standard InChI is InChI=1S/C26H24FN5O4/c1-32-12-19(18-8-24(30-15-33)29-11-22(18)32)21-9-23(35-13-16-2-5-28-10-20(16)27)17-3-6-36-26(25(17)31-21)4-7-34-14-26/h2,5,8-12,15H,3-4,6-7,13-14H2,1H3,(H,29,30,33). The molecule has 10 heteroatoms. The number of carbonyl (C=O) groups is 1. The molecule has 9 nitrogen and oxygen atoms in total. The van der Waals surface area contributed by atoms with Crippen molar-refractivity contribution in [3.8, 4) is 17.0 Å². The first-order valence-electron chi connectivity index (χ1n) is 11.7. The summed E-state index contributed by atoms with van der Waals surface area (Å²) >= 11 is 0. The summed E-state index contributed by atoms with van der Waals surface area (Å²) in [6.07, 6.45) is 8.33. The van der Waals surface area contributed by atoms with Crippen molar-refractivity contribution in [3.05, 3.63) is 65.6 Å². The van der Waals surface area contributed by atoms with E-state index in [9.17, 15) is 9.18 Å². The third-order valence-electron chi connectivity index (χ3n) is 6.83. The Balaban J connectivity index is 1.50. The van der Waals surface area contributed by atoms with Crippen LogP contribution in [0.2, 0.25) is 0 Å². The molecule has 0 aliphatic carbocycles. The molecule has 1 amide bonds. The second-order valence-corrected chi connectivity index (χ2v) is 8.99. The highest BCUT2D eigenvalue weighted by Gasteiger charge is 2.44. The summed E-state index contributed by atoms with van der Waals surface area (Å²) in [4.78, 5) is 24.2. The molecule has 1 atom stereocenters. The first-order valence-corrected chi connectivity index (χ1v) is 11.7. The Morgan fingerprint density at radius 3 is 3.03 bits per heavy atom. The van der Waals surface area contributed by atoms with Gasteiger partial charge < -0.3 is 24.1 Å². The molecule has 1 saturated heterocycles. The lowest BCUT2D eigenvalue weighted by molar-refractivity contribution is -0.105. The predicted molar refractivity (Wildman–Crippen MR) is 129 cm³/mol. The van der Waals surface area contributed by atoms with Gasteiger partial charge in [0.25, 0.3) is 0 Å². The molecule has 184 valence electrons. The van der Waals surface area contributed by atoms with Gasteiger partial charge in [-0.2, -0.15) is 0 Å². The molecule has 1 unspecified atom stereocenters. The van der Waals surface area contributed by atoms with Crippen LogP contribution < -0.4 is 10.1 Å². The van der Waals surface area contributed by atoms with Crippen molar-refractivity contribution in [3.63, 3.8) is 0 Å². The molecular weight excluding hydrogens is 465 g/mol. The van der Waals surface area contributed by atoms with Gasteiger partial charge in [0.15, 0.2) is 0 Å². The van der Waals surface area contributed by atoms with Gasteiger partial charge in [-0.3, -0.25) is 9.78 Å². The highest BCUT2D eigenvalue weighted by Crippen LogP contribution is 2.44. The molecule has 0 aromatic carbocycles. The Labute approximate surface area is 206 Å². The molecule has 0 radical (unpaired) electrons. The minimum atomic E-state index is -0.639. The Morgan fingerprint density at radius 1 is 1.31 bits per heavy atom. The molecule has 0 saturated carbocycles. The largest absolute Gasteiger partial charge is 0.488 e. The summed E-state index contributed by atoms with van der Waals surface area (Å²) in [6.45, 7) is 1.59. The number of ether oxygens (including phenoxy) is 3. The van der Waals surface area contributed by atoms with Crippen LogP contribution in [0.3, 0.4) is 0 Å². The Morgan fingerprint density at radius 2 is 2.22 bits per heavy atom. The number of rotatable bonds is 6. The molecule has 2 aliphatic rings. The number of nitrogens with zero attached hydrogens (tertiary/aromatic N) is 4. The van der Waals surface area contributed by atoms with Crippen molar-refractivity contribution >= 4 is 23.1 Å². The van der Waals surface area contributed by atoms with Gasteiger partial charge >= 0.3 is 0 Å². The number of pyridine rings is 3. The van der Waals surface area contributed by atoms with Gasteiger partial charge in [-0.05, 0) is 12.1 Å². The second kappa shape index (κ2) is 8.96. The van der Waals surface area contributed by atoms with Gasteiger partial charge in [-0.1, -0.05) is 0 Å². The van der Waals surface area contributed by atoms with Gasteiger partial charge in [-0.15, -0.1) is 0 Å². The third-order valence-corrected chi connectivity index (χ3v) is 6.83. The first-order chi connectivity index (χ1) is 17.6. The van der Waals surface area contributed by atoms with Crippen molar-refractivity contribution in [2.45, 2.75) is 25.0 Å². The van der Waals surface area contributed by atoms with Crippen molar-refractivity contribution in [2.75, 3.05) is 25.1 Å². The number of nitrogens with one attached hydrogen (secondary N) is 1. The van der Waals surface area contributed by atoms with E-state index in [2.05, 4.69) is 15.3 Å². The van der Waals surface area contributed by atoms with Crippen LogP contribution in [-0.2, 0) is 39.9 Å². The van der Waals surface area contributed by atoms with Gasteiger partial charge in [-0.25, -0.2) is 14.4 Å². The van der Waals surface area contributed by atoms with Gasteiger partial charge in [0.1, 0.15) is 29.6 Å². The van der Waals surface area contributed by atoms with E-state index in [1.165, 1.54) is 6.20 Å². The van der Waals surface area contributed by atoms with Crippen molar-refractivity contribution in [2.24, 2.45) is 7.05 Å². The Hall–Kier alpha value is -3.89. The lowest BCUT2D eigenvalue weighted by Crippen LogP contribution is -2.37. The van der Waals surface area contributed by atoms with E-state index in [0.29, 0.717) is 61.9 Å². The second-order valence-electron chi connectivity index (χ2n) is 8.99. The maximum atomic E-state index is 14.3. The Bertz CT molecular complexity index is 1460. The predicted octanol–water partition coefficient (Wildman–Crippen LogP) is 3.51. The summed E-state index contributed by atoms with van der Waals surface area (Å²) in [5.74, 6) is 0.663. The van der Waals surface area contributed by atoms with Crippen LogP contribution >= 0.6 is 0 Å². The fraction of sp³-hybridized carbons (Fsp3) is 0.308. The maximum Gasteiger partial charge on any atom is 0.212 e. The van der Waals surface area contributed by atoms with E-state index in [1.807, 2.05) is 29.9 Å². The molecule has 36 heavy (non-hydrogen) atoms. The molecule has 1 N–H and O–H groups in total. The zero-order valence-electron chi connectivity index (χ0n) is 19.7. The van der Waals surface area contributed by atoms with Crippen LogP contribution in [0, 0.1) is 5.82 Å². The smallest absolute Gasteiger partial charge is 0.212 e. The van der Waals surface area contributed by atoms with Crippen LogP contribution in [0.5, 0.6) is 5.75 Å². The van der Waals surface area contributed by atoms with E-state index in [4.69, 9.17) is 19.2 Å². The SMILES string of the molecule is Cn1cc(-c2cc(OCc3ccncc3F)c3c(n2)C2(CCOC2)OCC3)c2cc(NC=O)ncc21. The number of amides is 1. The number of aryl methyl sites for hydroxylation is 1. The normalized spacial score (nSPS) is 18.9. The molecule has 1 spiro atoms. The zero-order valence-corrected chi connectivity index (χ0v) is 19.7. The summed E-state index contributed by atoms with van der Waals surface area (Å²) < 4.78 is 34.4. The average molecular weight is 490 g/mol. The maximum absolute atomic E-state index is 14.3. The zero-order chi connectivity index (χ0) is 24.7. The minimum Gasteiger partial charge on any atom is -0.488 e. The van der Waals surface area contributed by atoms with E-state index in [0.717, 1.165) is 27.7 Å². The number of halogens is 1. The van der Waals surface area contributed by atoms with Crippen LogP contribution in [0.4, 0.5) is 10.2 Å². The molecule has 0 bridgehead atoms. The number of hydrogen-bond acceptors (Lipinski definition) is 7. The van der Waals surface area contributed by atoms with Crippen molar-refractivity contribution in [1.29, 1.82) is 0 Å². The highest BCUT2D eigenvalue weighted by atomic mass is 19.1. The Kier molecular flexibility index (Phi) is 5.62. The highest BCUT2D eigenvalue weighted by molar-refractivity contribution is 5.97.